The lowest BCUT2D eigenvalue weighted by molar-refractivity contribution is -0.115. The molecular formula is C14H21ClN2O3S. The van der Waals surface area contributed by atoms with Gasteiger partial charge in [0.05, 0.1) is 16.5 Å². The smallest absolute Gasteiger partial charge is 0.242 e. The summed E-state index contributed by atoms with van der Waals surface area (Å²) in [6.07, 6.45) is 0.747. The van der Waals surface area contributed by atoms with E-state index in [0.29, 0.717) is 11.4 Å². The summed E-state index contributed by atoms with van der Waals surface area (Å²) in [5.41, 5.74) is 6.38. The zero-order valence-corrected chi connectivity index (χ0v) is 14.0. The van der Waals surface area contributed by atoms with E-state index in [0.717, 1.165) is 6.42 Å². The van der Waals surface area contributed by atoms with Gasteiger partial charge in [-0.3, -0.25) is 4.79 Å². The molecule has 0 saturated carbocycles. The Morgan fingerprint density at radius 3 is 2.52 bits per heavy atom. The normalized spacial score (nSPS) is 14.5. The van der Waals surface area contributed by atoms with E-state index < -0.39 is 21.0 Å². The number of carbonyl (C=O) groups is 1. The highest BCUT2D eigenvalue weighted by Gasteiger charge is 2.29. The maximum absolute atomic E-state index is 12.2. The van der Waals surface area contributed by atoms with E-state index in [-0.39, 0.29) is 16.7 Å². The minimum atomic E-state index is -3.49. The van der Waals surface area contributed by atoms with Gasteiger partial charge in [-0.15, -0.1) is 0 Å². The van der Waals surface area contributed by atoms with Gasteiger partial charge in [0.1, 0.15) is 5.25 Å². The second-order valence-electron chi connectivity index (χ2n) is 5.21. The minimum absolute atomic E-state index is 0.00639. The molecule has 0 saturated heterocycles. The van der Waals surface area contributed by atoms with Gasteiger partial charge in [-0.2, -0.15) is 0 Å². The summed E-state index contributed by atoms with van der Waals surface area (Å²) in [4.78, 5) is 12.1. The van der Waals surface area contributed by atoms with Crippen molar-refractivity contribution in [2.75, 3.05) is 16.8 Å². The molecule has 3 N–H and O–H groups in total. The average Bonchev–Trinajstić information content (AvgIpc) is 2.40. The van der Waals surface area contributed by atoms with E-state index in [4.69, 9.17) is 17.3 Å². The van der Waals surface area contributed by atoms with Crippen LogP contribution in [0.2, 0.25) is 5.02 Å². The molecule has 5 nitrogen and oxygen atoms in total. The molecule has 1 aromatic rings. The molecule has 7 heteroatoms. The number of sulfone groups is 1. The quantitative estimate of drug-likeness (QED) is 0.784. The molecule has 0 fully saturated rings. The van der Waals surface area contributed by atoms with Crippen LogP contribution in [-0.4, -0.2) is 25.3 Å². The van der Waals surface area contributed by atoms with Crippen molar-refractivity contribution < 1.29 is 13.2 Å². The van der Waals surface area contributed by atoms with Crippen molar-refractivity contribution in [2.24, 2.45) is 5.92 Å². The fourth-order valence-corrected chi connectivity index (χ4v) is 3.63. The Labute approximate surface area is 130 Å². The molecule has 2 unspecified atom stereocenters. The first-order valence-corrected chi connectivity index (χ1v) is 8.84. The van der Waals surface area contributed by atoms with Crippen LogP contribution >= 0.6 is 11.6 Å². The van der Waals surface area contributed by atoms with E-state index in [2.05, 4.69) is 5.32 Å². The Morgan fingerprint density at radius 1 is 1.38 bits per heavy atom. The van der Waals surface area contributed by atoms with Crippen molar-refractivity contribution in [1.29, 1.82) is 0 Å². The molecule has 0 radical (unpaired) electrons. The first-order chi connectivity index (χ1) is 9.67. The van der Waals surface area contributed by atoms with Gasteiger partial charge in [0.2, 0.25) is 5.91 Å². The third kappa shape index (κ3) is 4.89. The lowest BCUT2D eigenvalue weighted by Crippen LogP contribution is -2.35. The van der Waals surface area contributed by atoms with Crippen LogP contribution in [0.15, 0.2) is 18.2 Å². The van der Waals surface area contributed by atoms with Gasteiger partial charge in [-0.05, 0) is 31.0 Å². The number of anilines is 2. The van der Waals surface area contributed by atoms with E-state index in [1.807, 2.05) is 13.8 Å². The number of nitrogen functional groups attached to an aromatic ring is 1. The fourth-order valence-electron chi connectivity index (χ4n) is 1.69. The Bertz CT molecular complexity index is 617. The number of halogens is 1. The molecule has 0 aliphatic carbocycles. The molecule has 0 aliphatic heterocycles. The number of hydrogen-bond donors (Lipinski definition) is 2. The van der Waals surface area contributed by atoms with Gasteiger partial charge < -0.3 is 11.1 Å². The lowest BCUT2D eigenvalue weighted by Gasteiger charge is -2.16. The predicted octanol–water partition coefficient (Wildman–Crippen LogP) is 2.71. The summed E-state index contributed by atoms with van der Waals surface area (Å²) in [6.45, 7) is 5.15. The number of hydrogen-bond acceptors (Lipinski definition) is 4. The highest BCUT2D eigenvalue weighted by atomic mass is 35.5. The Morgan fingerprint density at radius 2 is 2.00 bits per heavy atom. The molecule has 21 heavy (non-hydrogen) atoms. The van der Waals surface area contributed by atoms with Crippen molar-refractivity contribution in [3.05, 3.63) is 23.2 Å². The summed E-state index contributed by atoms with van der Waals surface area (Å²) in [5.74, 6) is -0.580. The molecule has 0 heterocycles. The van der Waals surface area contributed by atoms with Gasteiger partial charge in [-0.1, -0.05) is 31.9 Å². The molecule has 0 aliphatic rings. The Hall–Kier alpha value is -1.27. The predicted molar refractivity (Wildman–Crippen MR) is 87.2 cm³/mol. The van der Waals surface area contributed by atoms with Gasteiger partial charge in [0, 0.05) is 5.69 Å². The number of benzene rings is 1. The zero-order valence-electron chi connectivity index (χ0n) is 12.4. The number of carbonyl (C=O) groups excluding carboxylic acids is 1. The van der Waals surface area contributed by atoms with Crippen LogP contribution in [0.1, 0.15) is 27.2 Å². The average molecular weight is 333 g/mol. The number of rotatable bonds is 6. The third-order valence-corrected chi connectivity index (χ3v) is 6.01. The van der Waals surface area contributed by atoms with Crippen molar-refractivity contribution in [1.82, 2.24) is 0 Å². The first-order valence-electron chi connectivity index (χ1n) is 6.74. The molecule has 1 rings (SSSR count). The van der Waals surface area contributed by atoms with E-state index in [1.54, 1.807) is 12.1 Å². The Kier molecular flexibility index (Phi) is 6.04. The van der Waals surface area contributed by atoms with Crippen LogP contribution in [0.4, 0.5) is 11.4 Å². The van der Waals surface area contributed by atoms with Crippen LogP contribution < -0.4 is 11.1 Å². The molecule has 0 aromatic heterocycles. The summed E-state index contributed by atoms with van der Waals surface area (Å²) in [6, 6.07) is 4.62. The van der Waals surface area contributed by atoms with Gasteiger partial charge in [-0.25, -0.2) is 8.42 Å². The maximum Gasteiger partial charge on any atom is 0.242 e. The summed E-state index contributed by atoms with van der Waals surface area (Å²) in [7, 11) is -3.49. The van der Waals surface area contributed by atoms with E-state index >= 15 is 0 Å². The molecule has 0 bridgehead atoms. The van der Waals surface area contributed by atoms with Gasteiger partial charge in [0.15, 0.2) is 9.84 Å². The SMILES string of the molecule is CCC(C)CS(=O)(=O)C(C)C(=O)Nc1ccc(N)cc1Cl. The number of amides is 1. The second-order valence-corrected chi connectivity index (χ2v) is 7.99. The van der Waals surface area contributed by atoms with E-state index in [1.165, 1.54) is 13.0 Å². The van der Waals surface area contributed by atoms with E-state index in [9.17, 15) is 13.2 Å². The second kappa shape index (κ2) is 7.13. The lowest BCUT2D eigenvalue weighted by atomic mass is 10.2. The van der Waals surface area contributed by atoms with Crippen molar-refractivity contribution >= 4 is 38.7 Å². The topological polar surface area (TPSA) is 89.3 Å². The third-order valence-electron chi connectivity index (χ3n) is 3.37. The van der Waals surface area contributed by atoms with Crippen LogP contribution in [-0.2, 0) is 14.6 Å². The van der Waals surface area contributed by atoms with Crippen LogP contribution in [0.25, 0.3) is 0 Å². The first kappa shape index (κ1) is 17.8. The van der Waals surface area contributed by atoms with Crippen molar-refractivity contribution in [3.8, 4) is 0 Å². The molecule has 0 spiro atoms. The molecule has 1 aromatic carbocycles. The molecule has 118 valence electrons. The monoisotopic (exact) mass is 332 g/mol. The Balaban J connectivity index is 2.83. The highest BCUT2D eigenvalue weighted by Crippen LogP contribution is 2.24. The molecular weight excluding hydrogens is 312 g/mol. The zero-order chi connectivity index (χ0) is 16.2. The van der Waals surface area contributed by atoms with Gasteiger partial charge in [0.25, 0.3) is 0 Å². The van der Waals surface area contributed by atoms with Gasteiger partial charge >= 0.3 is 0 Å². The van der Waals surface area contributed by atoms with Crippen LogP contribution in [0.5, 0.6) is 0 Å². The van der Waals surface area contributed by atoms with Crippen LogP contribution in [0.3, 0.4) is 0 Å². The highest BCUT2D eigenvalue weighted by molar-refractivity contribution is 7.92. The largest absolute Gasteiger partial charge is 0.399 e. The summed E-state index contributed by atoms with van der Waals surface area (Å²) >= 11 is 5.96. The maximum atomic E-state index is 12.2. The molecule has 2 atom stereocenters. The standard InChI is InChI=1S/C14H21ClN2O3S/c1-4-9(2)8-21(19,20)10(3)14(18)17-13-6-5-11(16)7-12(13)15/h5-7,9-10H,4,8,16H2,1-3H3,(H,17,18). The van der Waals surface area contributed by atoms with Crippen LogP contribution in [0, 0.1) is 5.92 Å². The van der Waals surface area contributed by atoms with Crippen molar-refractivity contribution in [3.63, 3.8) is 0 Å². The summed E-state index contributed by atoms with van der Waals surface area (Å²) in [5, 5.41) is 1.68. The van der Waals surface area contributed by atoms with Crippen molar-refractivity contribution in [2.45, 2.75) is 32.4 Å². The minimum Gasteiger partial charge on any atom is -0.399 e. The molecule has 1 amide bonds. The fraction of sp³-hybridized carbons (Fsp3) is 0.500. The number of nitrogens with one attached hydrogen (secondary N) is 1. The number of nitrogens with two attached hydrogens (primary N) is 1. The summed E-state index contributed by atoms with van der Waals surface area (Å²) < 4.78 is 24.3.